The molecule has 7 nitrogen and oxygen atoms in total. The first-order chi connectivity index (χ1) is 13.0. The Morgan fingerprint density at radius 2 is 1.41 bits per heavy atom. The highest BCUT2D eigenvalue weighted by molar-refractivity contribution is 7.29. The van der Waals surface area contributed by atoms with Gasteiger partial charge in [-0.15, -0.1) is 0 Å². The van der Waals surface area contributed by atoms with Crippen molar-refractivity contribution in [1.29, 1.82) is 0 Å². The van der Waals surface area contributed by atoms with Gasteiger partial charge in [0.1, 0.15) is 10.0 Å². The van der Waals surface area contributed by atoms with Gasteiger partial charge in [0.25, 0.3) is 5.69 Å². The van der Waals surface area contributed by atoms with E-state index < -0.39 is 4.92 Å². The Morgan fingerprint density at radius 1 is 0.926 bits per heavy atom. The number of hydrogen-bond donors (Lipinski definition) is 1. The van der Waals surface area contributed by atoms with Crippen molar-refractivity contribution in [1.82, 2.24) is 9.97 Å². The van der Waals surface area contributed by atoms with Crippen LogP contribution in [0.5, 0.6) is 0 Å². The first-order valence-electron chi connectivity index (χ1n) is 7.90. The van der Waals surface area contributed by atoms with Gasteiger partial charge in [0.05, 0.1) is 4.92 Å². The summed E-state index contributed by atoms with van der Waals surface area (Å²) < 4.78 is 0. The molecule has 134 valence electrons. The molecule has 0 unspecified atom stereocenters. The van der Waals surface area contributed by atoms with Crippen molar-refractivity contribution in [3.05, 3.63) is 58.6 Å². The Labute approximate surface area is 161 Å². The molecule has 2 heterocycles. The Balaban J connectivity index is 1.60. The molecule has 0 atom stereocenters. The van der Waals surface area contributed by atoms with Crippen molar-refractivity contribution in [2.45, 2.75) is 6.92 Å². The fourth-order valence-electron chi connectivity index (χ4n) is 2.51. The van der Waals surface area contributed by atoms with Crippen molar-refractivity contribution in [3.8, 4) is 21.1 Å². The Kier molecular flexibility index (Phi) is 4.38. The zero-order valence-electron chi connectivity index (χ0n) is 14.0. The van der Waals surface area contributed by atoms with E-state index in [2.05, 4.69) is 15.3 Å². The number of nitrogens with zero attached hydrogens (tertiary/aromatic N) is 3. The molecule has 9 heteroatoms. The summed E-state index contributed by atoms with van der Waals surface area (Å²) in [4.78, 5) is 32.3. The summed E-state index contributed by atoms with van der Waals surface area (Å²) in [5, 5.41) is 15.1. The molecule has 0 saturated heterocycles. The third-order valence-corrected chi connectivity index (χ3v) is 5.88. The first-order valence-corrected chi connectivity index (χ1v) is 9.53. The second-order valence-corrected chi connectivity index (χ2v) is 7.67. The van der Waals surface area contributed by atoms with Gasteiger partial charge in [-0.05, 0) is 36.4 Å². The Bertz CT molecular complexity index is 1120. The van der Waals surface area contributed by atoms with Crippen LogP contribution < -0.4 is 5.32 Å². The van der Waals surface area contributed by atoms with E-state index in [1.807, 2.05) is 24.3 Å². The summed E-state index contributed by atoms with van der Waals surface area (Å²) >= 11 is 2.94. The maximum absolute atomic E-state index is 11.1. The van der Waals surface area contributed by atoms with Crippen LogP contribution in [0.2, 0.25) is 0 Å². The lowest BCUT2D eigenvalue weighted by molar-refractivity contribution is -0.384. The smallest absolute Gasteiger partial charge is 0.269 e. The average molecular weight is 396 g/mol. The predicted octanol–water partition coefficient (Wildman–Crippen LogP) is 4.95. The highest BCUT2D eigenvalue weighted by atomic mass is 32.1. The summed E-state index contributed by atoms with van der Waals surface area (Å²) in [6, 6.07) is 13.8. The SMILES string of the molecule is CC(=O)Nc1ccc(-c2nc3sc(-c4ccc([N+](=O)[O-])cc4)nc3s2)cc1. The number of benzene rings is 2. The van der Waals surface area contributed by atoms with Crippen LogP contribution in [0.1, 0.15) is 6.92 Å². The topological polar surface area (TPSA) is 98.0 Å². The van der Waals surface area contributed by atoms with Crippen LogP contribution in [0, 0.1) is 10.1 Å². The molecule has 0 saturated carbocycles. The van der Waals surface area contributed by atoms with Crippen molar-refractivity contribution in [3.63, 3.8) is 0 Å². The number of carbonyl (C=O) groups excluding carboxylic acids is 1. The van der Waals surface area contributed by atoms with E-state index in [0.717, 1.165) is 36.5 Å². The van der Waals surface area contributed by atoms with Crippen molar-refractivity contribution in [2.24, 2.45) is 0 Å². The van der Waals surface area contributed by atoms with E-state index in [1.165, 1.54) is 41.7 Å². The summed E-state index contributed by atoms with van der Waals surface area (Å²) in [7, 11) is 0. The molecular weight excluding hydrogens is 384 g/mol. The maximum Gasteiger partial charge on any atom is 0.269 e. The summed E-state index contributed by atoms with van der Waals surface area (Å²) in [5.74, 6) is -0.111. The molecule has 27 heavy (non-hydrogen) atoms. The van der Waals surface area contributed by atoms with E-state index in [1.54, 1.807) is 12.1 Å². The molecule has 1 amide bonds. The lowest BCUT2D eigenvalue weighted by atomic mass is 10.2. The highest BCUT2D eigenvalue weighted by Crippen LogP contribution is 2.37. The minimum atomic E-state index is -0.421. The minimum absolute atomic E-state index is 0.0558. The molecule has 0 aliphatic heterocycles. The third kappa shape index (κ3) is 3.55. The number of rotatable bonds is 4. The molecule has 2 aromatic heterocycles. The maximum atomic E-state index is 11.1. The van der Waals surface area contributed by atoms with Gasteiger partial charge in [-0.1, -0.05) is 22.7 Å². The molecule has 2 aromatic carbocycles. The number of nitrogens with one attached hydrogen (secondary N) is 1. The molecule has 1 N–H and O–H groups in total. The number of thiazole rings is 2. The van der Waals surface area contributed by atoms with Gasteiger partial charge in [-0.3, -0.25) is 14.9 Å². The highest BCUT2D eigenvalue weighted by Gasteiger charge is 2.14. The second kappa shape index (κ2) is 6.86. The van der Waals surface area contributed by atoms with Crippen LogP contribution in [-0.2, 0) is 4.79 Å². The number of nitro benzene ring substituents is 1. The first kappa shape index (κ1) is 17.3. The monoisotopic (exact) mass is 396 g/mol. The number of aromatic nitrogens is 2. The molecular formula is C18H12N4O3S2. The van der Waals surface area contributed by atoms with Crippen molar-refractivity contribution in [2.75, 3.05) is 5.32 Å². The average Bonchev–Trinajstić information content (AvgIpc) is 3.21. The molecule has 4 aromatic rings. The fourth-order valence-corrected chi connectivity index (χ4v) is 4.57. The van der Waals surface area contributed by atoms with Crippen molar-refractivity contribution >= 4 is 49.6 Å². The standard InChI is InChI=1S/C18H12N4O3S2/c1-10(23)19-13-6-2-11(3-7-13)15-20-17-18(26-15)21-16(27-17)12-4-8-14(9-5-12)22(24)25/h2-9H,1H3,(H,19,23). The van der Waals surface area contributed by atoms with E-state index in [0.29, 0.717) is 0 Å². The van der Waals surface area contributed by atoms with E-state index in [-0.39, 0.29) is 11.6 Å². The van der Waals surface area contributed by atoms with Crippen molar-refractivity contribution < 1.29 is 9.72 Å². The second-order valence-electron chi connectivity index (χ2n) is 5.71. The third-order valence-electron chi connectivity index (χ3n) is 3.75. The minimum Gasteiger partial charge on any atom is -0.326 e. The van der Waals surface area contributed by atoms with Crippen LogP contribution in [0.4, 0.5) is 11.4 Å². The zero-order valence-corrected chi connectivity index (χ0v) is 15.6. The van der Waals surface area contributed by atoms with E-state index in [4.69, 9.17) is 0 Å². The van der Waals surface area contributed by atoms with Crippen LogP contribution in [0.3, 0.4) is 0 Å². The predicted molar refractivity (Wildman–Crippen MR) is 107 cm³/mol. The number of fused-ring (bicyclic) bond motifs is 1. The lowest BCUT2D eigenvalue weighted by Crippen LogP contribution is -2.05. The number of nitro groups is 1. The Morgan fingerprint density at radius 3 is 1.85 bits per heavy atom. The Hall–Kier alpha value is -3.17. The molecule has 0 aliphatic rings. The van der Waals surface area contributed by atoms with Crippen LogP contribution >= 0.6 is 22.7 Å². The quantitative estimate of drug-likeness (QED) is 0.389. The number of amides is 1. The van der Waals surface area contributed by atoms with Crippen LogP contribution in [0.25, 0.3) is 30.8 Å². The molecule has 0 aliphatic carbocycles. The number of anilines is 1. The summed E-state index contributed by atoms with van der Waals surface area (Å²) in [6.45, 7) is 1.47. The number of hydrogen-bond acceptors (Lipinski definition) is 7. The molecule has 0 bridgehead atoms. The molecule has 0 radical (unpaired) electrons. The van der Waals surface area contributed by atoms with Gasteiger partial charge >= 0.3 is 0 Å². The number of carbonyl (C=O) groups is 1. The van der Waals surface area contributed by atoms with E-state index >= 15 is 0 Å². The van der Waals surface area contributed by atoms with Gasteiger partial charge in [-0.2, -0.15) is 0 Å². The van der Waals surface area contributed by atoms with Crippen LogP contribution in [0.15, 0.2) is 48.5 Å². The summed E-state index contributed by atoms with van der Waals surface area (Å²) in [6.07, 6.45) is 0. The lowest BCUT2D eigenvalue weighted by Gasteiger charge is -2.02. The largest absolute Gasteiger partial charge is 0.326 e. The van der Waals surface area contributed by atoms with Gasteiger partial charge in [0, 0.05) is 35.9 Å². The van der Waals surface area contributed by atoms with Gasteiger partial charge in [0.15, 0.2) is 9.66 Å². The van der Waals surface area contributed by atoms with Crippen LogP contribution in [-0.4, -0.2) is 20.8 Å². The molecule has 0 fully saturated rings. The van der Waals surface area contributed by atoms with E-state index in [9.17, 15) is 14.9 Å². The normalized spacial score (nSPS) is 10.9. The van der Waals surface area contributed by atoms with Gasteiger partial charge in [0.2, 0.25) is 5.91 Å². The molecule has 0 spiro atoms. The fraction of sp³-hybridized carbons (Fsp3) is 0.0556. The number of non-ortho nitro benzene ring substituents is 1. The van der Waals surface area contributed by atoms with Gasteiger partial charge < -0.3 is 5.32 Å². The zero-order chi connectivity index (χ0) is 19.0. The van der Waals surface area contributed by atoms with Gasteiger partial charge in [-0.25, -0.2) is 9.97 Å². The summed E-state index contributed by atoms with van der Waals surface area (Å²) in [5.41, 5.74) is 2.58. The molecule has 4 rings (SSSR count).